The second kappa shape index (κ2) is 3.06. The first kappa shape index (κ1) is 8.92. The minimum absolute atomic E-state index is 0.00870. The van der Waals surface area contributed by atoms with Crippen molar-refractivity contribution >= 4 is 21.6 Å². The van der Waals surface area contributed by atoms with Gasteiger partial charge in [0.05, 0.1) is 9.40 Å². The summed E-state index contributed by atoms with van der Waals surface area (Å²) >= 11 is 2.77. The topological polar surface area (TPSA) is 63.4 Å². The third-order valence-electron chi connectivity index (χ3n) is 1.24. The highest BCUT2D eigenvalue weighted by Gasteiger charge is 2.18. The summed E-state index contributed by atoms with van der Waals surface area (Å²) < 4.78 is 12.7. The summed E-state index contributed by atoms with van der Waals surface area (Å²) in [7, 11) is 0. The molecule has 0 spiro atoms. The number of phenolic OH excluding ortho intramolecular Hbond substituents is 1. The average molecular weight is 236 g/mol. The summed E-state index contributed by atoms with van der Waals surface area (Å²) in [6.07, 6.45) is 0. The normalized spacial score (nSPS) is 9.83. The van der Waals surface area contributed by atoms with Crippen molar-refractivity contribution in [2.45, 2.75) is 0 Å². The van der Waals surface area contributed by atoms with Gasteiger partial charge < -0.3 is 5.11 Å². The van der Waals surface area contributed by atoms with E-state index in [0.717, 1.165) is 12.1 Å². The molecule has 0 heterocycles. The SMILES string of the molecule is O=[N+]([O-])c1ccc(Br)c(F)c1O. The van der Waals surface area contributed by atoms with E-state index >= 15 is 0 Å². The van der Waals surface area contributed by atoms with E-state index in [1.54, 1.807) is 0 Å². The van der Waals surface area contributed by atoms with Gasteiger partial charge in [0.15, 0.2) is 5.82 Å². The molecule has 0 saturated carbocycles. The molecule has 1 rings (SSSR count). The molecular weight excluding hydrogens is 233 g/mol. The first-order valence-corrected chi connectivity index (χ1v) is 3.64. The molecule has 0 aromatic heterocycles. The van der Waals surface area contributed by atoms with Gasteiger partial charge >= 0.3 is 5.69 Å². The zero-order valence-corrected chi connectivity index (χ0v) is 7.21. The molecule has 0 fully saturated rings. The molecule has 0 aliphatic rings. The summed E-state index contributed by atoms with van der Waals surface area (Å²) in [5, 5.41) is 19.1. The molecule has 0 saturated heterocycles. The van der Waals surface area contributed by atoms with Crippen molar-refractivity contribution in [1.29, 1.82) is 0 Å². The van der Waals surface area contributed by atoms with E-state index in [-0.39, 0.29) is 4.47 Å². The zero-order chi connectivity index (χ0) is 9.30. The fourth-order valence-electron chi connectivity index (χ4n) is 0.677. The highest BCUT2D eigenvalue weighted by molar-refractivity contribution is 9.10. The molecule has 0 bridgehead atoms. The summed E-state index contributed by atoms with van der Waals surface area (Å²) in [5.74, 6) is -1.97. The average Bonchev–Trinajstić information content (AvgIpc) is 2.00. The van der Waals surface area contributed by atoms with E-state index in [2.05, 4.69) is 15.9 Å². The van der Waals surface area contributed by atoms with Crippen LogP contribution in [0, 0.1) is 15.9 Å². The molecule has 0 aliphatic carbocycles. The molecule has 0 atom stereocenters. The van der Waals surface area contributed by atoms with Gasteiger partial charge in [-0.2, -0.15) is 0 Å². The van der Waals surface area contributed by atoms with Crippen LogP contribution in [0.4, 0.5) is 10.1 Å². The van der Waals surface area contributed by atoms with Crippen LogP contribution in [-0.2, 0) is 0 Å². The number of benzene rings is 1. The van der Waals surface area contributed by atoms with Crippen molar-refractivity contribution in [3.63, 3.8) is 0 Å². The van der Waals surface area contributed by atoms with Crippen molar-refractivity contribution in [3.8, 4) is 5.75 Å². The minimum Gasteiger partial charge on any atom is -0.500 e. The lowest BCUT2D eigenvalue weighted by Gasteiger charge is -1.97. The van der Waals surface area contributed by atoms with Gasteiger partial charge in [-0.25, -0.2) is 4.39 Å². The highest BCUT2D eigenvalue weighted by Crippen LogP contribution is 2.32. The Morgan fingerprint density at radius 1 is 1.58 bits per heavy atom. The Balaban J connectivity index is 3.36. The molecule has 0 amide bonds. The van der Waals surface area contributed by atoms with Crippen LogP contribution >= 0.6 is 15.9 Å². The van der Waals surface area contributed by atoms with Crippen LogP contribution in [-0.4, -0.2) is 10.0 Å². The van der Waals surface area contributed by atoms with Gasteiger partial charge in [-0.3, -0.25) is 10.1 Å². The number of halogens is 2. The van der Waals surface area contributed by atoms with E-state index in [1.807, 2.05) is 0 Å². The second-order valence-corrected chi connectivity index (χ2v) is 2.84. The summed E-state index contributed by atoms with van der Waals surface area (Å²) in [4.78, 5) is 9.29. The maximum Gasteiger partial charge on any atom is 0.313 e. The Kier molecular flexibility index (Phi) is 2.27. The quantitative estimate of drug-likeness (QED) is 0.600. The van der Waals surface area contributed by atoms with Gasteiger partial charge in [0.25, 0.3) is 0 Å². The Morgan fingerprint density at radius 3 is 2.67 bits per heavy atom. The van der Waals surface area contributed by atoms with Crippen LogP contribution in [0.2, 0.25) is 0 Å². The van der Waals surface area contributed by atoms with Crippen LogP contribution in [0.5, 0.6) is 5.75 Å². The summed E-state index contributed by atoms with van der Waals surface area (Å²) in [6, 6.07) is 2.18. The van der Waals surface area contributed by atoms with Crippen molar-refractivity contribution in [2.24, 2.45) is 0 Å². The third-order valence-corrected chi connectivity index (χ3v) is 1.86. The molecular formula is C6H3BrFNO3. The number of nitrogens with zero attached hydrogens (tertiary/aromatic N) is 1. The summed E-state index contributed by atoms with van der Waals surface area (Å²) in [6.45, 7) is 0. The van der Waals surface area contributed by atoms with Crippen molar-refractivity contribution < 1.29 is 14.4 Å². The fourth-order valence-corrected chi connectivity index (χ4v) is 0.997. The largest absolute Gasteiger partial charge is 0.500 e. The van der Waals surface area contributed by atoms with Crippen LogP contribution in [0.25, 0.3) is 0 Å². The Hall–Kier alpha value is -1.17. The predicted octanol–water partition coefficient (Wildman–Crippen LogP) is 2.20. The standard InChI is InChI=1S/C6H3BrFNO3/c7-3-1-2-4(9(11)12)6(10)5(3)8/h1-2,10H. The molecule has 0 aliphatic heterocycles. The fraction of sp³-hybridized carbons (Fsp3) is 0. The maximum atomic E-state index is 12.8. The zero-order valence-electron chi connectivity index (χ0n) is 5.62. The predicted molar refractivity (Wildman–Crippen MR) is 42.4 cm³/mol. The molecule has 4 nitrogen and oxygen atoms in total. The number of rotatable bonds is 1. The first-order chi connectivity index (χ1) is 5.54. The number of nitro groups is 1. The number of hydrogen-bond acceptors (Lipinski definition) is 3. The number of hydrogen-bond donors (Lipinski definition) is 1. The Morgan fingerprint density at radius 2 is 2.17 bits per heavy atom. The lowest BCUT2D eigenvalue weighted by atomic mass is 10.3. The molecule has 6 heteroatoms. The van der Waals surface area contributed by atoms with Gasteiger partial charge in [0, 0.05) is 6.07 Å². The van der Waals surface area contributed by atoms with E-state index in [0.29, 0.717) is 0 Å². The van der Waals surface area contributed by atoms with E-state index in [9.17, 15) is 14.5 Å². The number of aromatic hydroxyl groups is 1. The van der Waals surface area contributed by atoms with Gasteiger partial charge in [-0.05, 0) is 22.0 Å². The molecule has 1 aromatic carbocycles. The molecule has 0 unspecified atom stereocenters. The molecule has 1 N–H and O–H groups in total. The molecule has 64 valence electrons. The lowest BCUT2D eigenvalue weighted by Crippen LogP contribution is -1.90. The van der Waals surface area contributed by atoms with E-state index in [4.69, 9.17) is 5.11 Å². The van der Waals surface area contributed by atoms with Gasteiger partial charge in [-0.1, -0.05) is 0 Å². The van der Waals surface area contributed by atoms with Crippen LogP contribution in [0.1, 0.15) is 0 Å². The van der Waals surface area contributed by atoms with Crippen molar-refractivity contribution in [2.75, 3.05) is 0 Å². The Labute approximate surface area is 74.9 Å². The number of nitro benzene ring substituents is 1. The first-order valence-electron chi connectivity index (χ1n) is 2.85. The van der Waals surface area contributed by atoms with E-state index < -0.39 is 22.2 Å². The molecule has 1 aromatic rings. The summed E-state index contributed by atoms with van der Waals surface area (Å²) in [5.41, 5.74) is -0.643. The van der Waals surface area contributed by atoms with Gasteiger partial charge in [-0.15, -0.1) is 0 Å². The van der Waals surface area contributed by atoms with Gasteiger partial charge in [0.1, 0.15) is 0 Å². The molecule has 12 heavy (non-hydrogen) atoms. The highest BCUT2D eigenvalue weighted by atomic mass is 79.9. The monoisotopic (exact) mass is 235 g/mol. The van der Waals surface area contributed by atoms with Crippen molar-refractivity contribution in [3.05, 3.63) is 32.5 Å². The second-order valence-electron chi connectivity index (χ2n) is 1.99. The van der Waals surface area contributed by atoms with Crippen molar-refractivity contribution in [1.82, 2.24) is 0 Å². The van der Waals surface area contributed by atoms with E-state index in [1.165, 1.54) is 0 Å². The van der Waals surface area contributed by atoms with Gasteiger partial charge in [0.2, 0.25) is 5.75 Å². The Bertz CT molecular complexity index is 342. The number of phenols is 1. The minimum atomic E-state index is -1.02. The van der Waals surface area contributed by atoms with Crippen LogP contribution in [0.3, 0.4) is 0 Å². The maximum absolute atomic E-state index is 12.8. The lowest BCUT2D eigenvalue weighted by molar-refractivity contribution is -0.386. The third kappa shape index (κ3) is 1.38. The van der Waals surface area contributed by atoms with Crippen LogP contribution in [0.15, 0.2) is 16.6 Å². The smallest absolute Gasteiger partial charge is 0.313 e. The van der Waals surface area contributed by atoms with Crippen LogP contribution < -0.4 is 0 Å². The molecule has 0 radical (unpaired) electrons.